The van der Waals surface area contributed by atoms with Crippen LogP contribution in [0.2, 0.25) is 0 Å². The average molecular weight is 426 g/mol. The molecule has 0 amide bonds. The fourth-order valence-corrected chi connectivity index (χ4v) is 3.61. The molecular formula is C25H22N4O3. The largest absolute Gasteiger partial charge is 0.497 e. The fourth-order valence-electron chi connectivity index (χ4n) is 3.61. The minimum atomic E-state index is -0.133. The number of oxazole rings is 1. The molecule has 0 aliphatic rings. The maximum Gasteiger partial charge on any atom is 0.276 e. The Kier molecular flexibility index (Phi) is 4.86. The van der Waals surface area contributed by atoms with E-state index in [2.05, 4.69) is 10.1 Å². The van der Waals surface area contributed by atoms with Crippen LogP contribution in [0.3, 0.4) is 0 Å². The first kappa shape index (κ1) is 19.8. The molecule has 5 rings (SSSR count). The van der Waals surface area contributed by atoms with Gasteiger partial charge in [0.05, 0.1) is 19.3 Å². The summed E-state index contributed by atoms with van der Waals surface area (Å²) in [5.74, 6) is 1.96. The molecule has 3 heterocycles. The van der Waals surface area contributed by atoms with Crippen LogP contribution in [0.4, 0.5) is 0 Å². The lowest BCUT2D eigenvalue weighted by molar-refractivity contribution is 0.415. The van der Waals surface area contributed by atoms with Gasteiger partial charge in [0, 0.05) is 23.5 Å². The van der Waals surface area contributed by atoms with Crippen molar-refractivity contribution >= 4 is 5.52 Å². The van der Waals surface area contributed by atoms with Crippen molar-refractivity contribution < 1.29 is 9.15 Å². The van der Waals surface area contributed by atoms with Crippen LogP contribution in [0.5, 0.6) is 5.75 Å². The molecule has 0 atom stereocenters. The topological polar surface area (TPSA) is 74.6 Å². The maximum atomic E-state index is 13.1. The smallest absolute Gasteiger partial charge is 0.276 e. The molecule has 0 unspecified atom stereocenters. The van der Waals surface area contributed by atoms with Crippen LogP contribution in [-0.2, 0) is 6.54 Å². The number of hydrogen-bond donors (Lipinski definition) is 0. The quantitative estimate of drug-likeness (QED) is 0.414. The van der Waals surface area contributed by atoms with Crippen molar-refractivity contribution in [3.63, 3.8) is 0 Å². The molecule has 0 fully saturated rings. The second kappa shape index (κ2) is 7.85. The minimum Gasteiger partial charge on any atom is -0.497 e. The number of ether oxygens (including phenoxy) is 1. The summed E-state index contributed by atoms with van der Waals surface area (Å²) in [6, 6.07) is 17.4. The summed E-state index contributed by atoms with van der Waals surface area (Å²) in [7, 11) is 1.63. The van der Waals surface area contributed by atoms with Crippen molar-refractivity contribution in [3.05, 3.63) is 94.4 Å². The molecule has 32 heavy (non-hydrogen) atoms. The van der Waals surface area contributed by atoms with E-state index in [0.29, 0.717) is 29.4 Å². The number of aryl methyl sites for hydroxylation is 2. The third kappa shape index (κ3) is 3.58. The molecule has 0 N–H and O–H groups in total. The molecule has 7 heteroatoms. The summed E-state index contributed by atoms with van der Waals surface area (Å²) in [5.41, 5.74) is 4.85. The monoisotopic (exact) mass is 426 g/mol. The molecular weight excluding hydrogens is 404 g/mol. The molecule has 0 aliphatic heterocycles. The number of hydrogen-bond acceptors (Lipinski definition) is 5. The third-order valence-corrected chi connectivity index (χ3v) is 5.50. The van der Waals surface area contributed by atoms with Crippen LogP contribution >= 0.6 is 0 Å². The van der Waals surface area contributed by atoms with Crippen LogP contribution in [-0.4, -0.2) is 26.3 Å². The molecule has 160 valence electrons. The van der Waals surface area contributed by atoms with E-state index in [-0.39, 0.29) is 5.56 Å². The first-order valence-corrected chi connectivity index (χ1v) is 10.3. The Balaban J connectivity index is 1.46. The van der Waals surface area contributed by atoms with E-state index in [4.69, 9.17) is 9.15 Å². The van der Waals surface area contributed by atoms with Gasteiger partial charge in [-0.15, -0.1) is 0 Å². The van der Waals surface area contributed by atoms with Crippen LogP contribution in [0, 0.1) is 13.8 Å². The number of rotatable bonds is 5. The Labute approximate surface area is 184 Å². The van der Waals surface area contributed by atoms with Gasteiger partial charge in [-0.2, -0.15) is 5.10 Å². The van der Waals surface area contributed by atoms with Crippen molar-refractivity contribution in [3.8, 4) is 28.5 Å². The van der Waals surface area contributed by atoms with Gasteiger partial charge in [0.25, 0.3) is 5.56 Å². The van der Waals surface area contributed by atoms with E-state index in [1.54, 1.807) is 28.6 Å². The summed E-state index contributed by atoms with van der Waals surface area (Å²) in [6.07, 6.45) is 3.51. The van der Waals surface area contributed by atoms with Gasteiger partial charge in [-0.25, -0.2) is 9.50 Å². The van der Waals surface area contributed by atoms with E-state index < -0.39 is 0 Å². The van der Waals surface area contributed by atoms with Gasteiger partial charge < -0.3 is 13.7 Å². The van der Waals surface area contributed by atoms with Gasteiger partial charge in [0.2, 0.25) is 5.89 Å². The number of benzene rings is 2. The van der Waals surface area contributed by atoms with E-state index in [1.807, 2.05) is 68.4 Å². The summed E-state index contributed by atoms with van der Waals surface area (Å²) >= 11 is 0. The number of methoxy groups -OCH3 is 1. The van der Waals surface area contributed by atoms with Crippen LogP contribution < -0.4 is 10.3 Å². The lowest BCUT2D eigenvalue weighted by Crippen LogP contribution is -2.22. The zero-order valence-electron chi connectivity index (χ0n) is 18.1. The number of nitrogens with zero attached hydrogens (tertiary/aromatic N) is 4. The van der Waals surface area contributed by atoms with Gasteiger partial charge in [-0.1, -0.05) is 29.8 Å². The molecule has 0 bridgehead atoms. The standard InChI is InChI=1S/C25H22N4O3/c1-16-4-6-18(7-5-16)21-14-23-25(30)28(12-13-29(23)27-21)15-22-17(2)32-24(26-22)19-8-10-20(31-3)11-9-19/h4-14H,15H2,1-3H3. The molecule has 0 saturated heterocycles. The molecule has 5 aromatic rings. The van der Waals surface area contributed by atoms with Crippen molar-refractivity contribution in [1.29, 1.82) is 0 Å². The van der Waals surface area contributed by atoms with Crippen LogP contribution in [0.15, 0.2) is 76.2 Å². The fraction of sp³-hybridized carbons (Fsp3) is 0.160. The lowest BCUT2D eigenvalue weighted by atomic mass is 10.1. The number of fused-ring (bicyclic) bond motifs is 1. The molecule has 7 nitrogen and oxygen atoms in total. The van der Waals surface area contributed by atoms with Crippen molar-refractivity contribution in [2.24, 2.45) is 0 Å². The zero-order chi connectivity index (χ0) is 22.2. The SMILES string of the molecule is COc1ccc(-c2nc(Cn3ccn4nc(-c5ccc(C)cc5)cc4c3=O)c(C)o2)cc1. The lowest BCUT2D eigenvalue weighted by Gasteiger charge is -2.04. The summed E-state index contributed by atoms with van der Waals surface area (Å²) in [4.78, 5) is 17.7. The molecule has 0 radical (unpaired) electrons. The predicted molar refractivity (Wildman–Crippen MR) is 122 cm³/mol. The predicted octanol–water partition coefficient (Wildman–Crippen LogP) is 4.49. The molecule has 3 aromatic heterocycles. The summed E-state index contributed by atoms with van der Waals surface area (Å²) in [6.45, 7) is 4.21. The Morgan fingerprint density at radius 1 is 0.969 bits per heavy atom. The van der Waals surface area contributed by atoms with Crippen LogP contribution in [0.25, 0.3) is 28.2 Å². The Morgan fingerprint density at radius 3 is 2.41 bits per heavy atom. The van der Waals surface area contributed by atoms with E-state index in [1.165, 1.54) is 5.56 Å². The van der Waals surface area contributed by atoms with Gasteiger partial charge in [-0.05, 0) is 44.2 Å². The average Bonchev–Trinajstić information content (AvgIpc) is 3.40. The maximum absolute atomic E-state index is 13.1. The van der Waals surface area contributed by atoms with Crippen molar-refractivity contribution in [2.75, 3.05) is 7.11 Å². The first-order chi connectivity index (χ1) is 15.5. The second-order valence-electron chi connectivity index (χ2n) is 7.71. The first-order valence-electron chi connectivity index (χ1n) is 10.3. The highest BCUT2D eigenvalue weighted by Crippen LogP contribution is 2.24. The van der Waals surface area contributed by atoms with E-state index >= 15 is 0 Å². The van der Waals surface area contributed by atoms with Gasteiger partial charge in [-0.3, -0.25) is 4.79 Å². The summed E-state index contributed by atoms with van der Waals surface area (Å²) in [5, 5.41) is 4.56. The van der Waals surface area contributed by atoms with E-state index in [0.717, 1.165) is 22.6 Å². The van der Waals surface area contributed by atoms with Gasteiger partial charge >= 0.3 is 0 Å². The normalized spacial score (nSPS) is 11.2. The molecule has 0 saturated carbocycles. The van der Waals surface area contributed by atoms with Gasteiger partial charge in [0.1, 0.15) is 22.7 Å². The molecule has 2 aromatic carbocycles. The van der Waals surface area contributed by atoms with Crippen molar-refractivity contribution in [1.82, 2.24) is 19.2 Å². The number of aromatic nitrogens is 4. The molecule has 0 aliphatic carbocycles. The second-order valence-corrected chi connectivity index (χ2v) is 7.71. The third-order valence-electron chi connectivity index (χ3n) is 5.50. The summed E-state index contributed by atoms with van der Waals surface area (Å²) < 4.78 is 14.3. The zero-order valence-corrected chi connectivity index (χ0v) is 18.1. The van der Waals surface area contributed by atoms with Gasteiger partial charge in [0.15, 0.2) is 0 Å². The van der Waals surface area contributed by atoms with E-state index in [9.17, 15) is 4.79 Å². The highest BCUT2D eigenvalue weighted by Gasteiger charge is 2.15. The minimum absolute atomic E-state index is 0.133. The Morgan fingerprint density at radius 2 is 1.69 bits per heavy atom. The highest BCUT2D eigenvalue weighted by atomic mass is 16.5. The molecule has 0 spiro atoms. The Hall–Kier alpha value is -4.13. The highest BCUT2D eigenvalue weighted by molar-refractivity contribution is 5.65. The van der Waals surface area contributed by atoms with Crippen LogP contribution in [0.1, 0.15) is 17.0 Å². The van der Waals surface area contributed by atoms with Crippen molar-refractivity contribution in [2.45, 2.75) is 20.4 Å². The Bertz CT molecular complexity index is 1460.